The van der Waals surface area contributed by atoms with Crippen LogP contribution in [0.25, 0.3) is 0 Å². The van der Waals surface area contributed by atoms with Gasteiger partial charge in [-0.3, -0.25) is 9.48 Å². The van der Waals surface area contributed by atoms with Crippen molar-refractivity contribution in [2.24, 2.45) is 0 Å². The van der Waals surface area contributed by atoms with E-state index in [4.69, 9.17) is 0 Å². The molecule has 7 nitrogen and oxygen atoms in total. The molecule has 1 aromatic carbocycles. The highest BCUT2D eigenvalue weighted by molar-refractivity contribution is 9.10. The molecule has 2 aromatic heterocycles. The molecular weight excluding hydrogens is 437 g/mol. The first-order chi connectivity index (χ1) is 12.9. The molecule has 1 amide bonds. The molecule has 0 fully saturated rings. The lowest BCUT2D eigenvalue weighted by molar-refractivity contribution is 0.103. The smallest absolute Gasteiger partial charge is 0.267 e. The zero-order valence-corrected chi connectivity index (χ0v) is 17.0. The number of thiazole rings is 1. The maximum atomic E-state index is 12.5. The van der Waals surface area contributed by atoms with E-state index in [-0.39, 0.29) is 18.2 Å². The Labute approximate surface area is 167 Å². The number of aryl methyl sites for hydroxylation is 2. The Bertz CT molecular complexity index is 988. The lowest BCUT2D eigenvalue weighted by Crippen LogP contribution is -2.12. The van der Waals surface area contributed by atoms with E-state index in [9.17, 15) is 14.3 Å². The lowest BCUT2D eigenvalue weighted by atomic mass is 10.1. The molecule has 3 aromatic rings. The Morgan fingerprint density at radius 1 is 1.41 bits per heavy atom. The largest absolute Gasteiger partial charge is 0.508 e. The number of hydrogen-bond donors (Lipinski definition) is 3. The quantitative estimate of drug-likeness (QED) is 0.514. The fourth-order valence-electron chi connectivity index (χ4n) is 2.42. The molecule has 0 radical (unpaired) electrons. The average molecular weight is 454 g/mol. The molecule has 3 N–H and O–H groups in total. The van der Waals surface area contributed by atoms with Crippen LogP contribution in [-0.4, -0.2) is 32.5 Å². The number of aromatic hydroxyl groups is 1. The minimum atomic E-state index is -0.511. The molecule has 0 atom stereocenters. The first-order valence-corrected chi connectivity index (χ1v) is 9.62. The molecule has 3 rings (SSSR count). The van der Waals surface area contributed by atoms with Crippen LogP contribution >= 0.6 is 27.3 Å². The number of phenolic OH excluding ortho intramolecular Hbond substituents is 1. The van der Waals surface area contributed by atoms with E-state index in [0.717, 1.165) is 16.9 Å². The maximum absolute atomic E-state index is 12.5. The molecule has 0 aliphatic rings. The molecule has 27 heavy (non-hydrogen) atoms. The summed E-state index contributed by atoms with van der Waals surface area (Å²) in [6.07, 6.45) is 3.12. The number of benzene rings is 1. The Balaban J connectivity index is 1.74. The van der Waals surface area contributed by atoms with E-state index in [2.05, 4.69) is 36.6 Å². The zero-order chi connectivity index (χ0) is 19.6. The Morgan fingerprint density at radius 3 is 2.93 bits per heavy atom. The van der Waals surface area contributed by atoms with Crippen molar-refractivity contribution < 1.29 is 14.3 Å². The number of amides is 1. The number of rotatable bonds is 6. The first kappa shape index (κ1) is 19.3. The molecule has 0 spiro atoms. The lowest BCUT2D eigenvalue weighted by Gasteiger charge is -2.11. The van der Waals surface area contributed by atoms with Crippen LogP contribution < -0.4 is 10.6 Å². The van der Waals surface area contributed by atoms with Gasteiger partial charge in [-0.15, -0.1) is 0 Å². The summed E-state index contributed by atoms with van der Waals surface area (Å²) >= 11 is 4.51. The number of hydrogen-bond acceptors (Lipinski definition) is 6. The predicted molar refractivity (Wildman–Crippen MR) is 107 cm³/mol. The fourth-order valence-corrected chi connectivity index (χ4v) is 3.55. The number of alkyl halides is 1. The summed E-state index contributed by atoms with van der Waals surface area (Å²) < 4.78 is 14.6. The van der Waals surface area contributed by atoms with Crippen LogP contribution in [0.1, 0.15) is 20.8 Å². The summed E-state index contributed by atoms with van der Waals surface area (Å²) in [6, 6.07) is 3.33. The van der Waals surface area contributed by atoms with Crippen molar-refractivity contribution in [1.82, 2.24) is 14.8 Å². The number of nitrogens with one attached hydrogen (secondary N) is 2. The zero-order valence-electron chi connectivity index (χ0n) is 14.6. The van der Waals surface area contributed by atoms with Crippen LogP contribution in [0.4, 0.5) is 21.0 Å². The molecule has 2 heterocycles. The fraction of sp³-hybridized carbons (Fsp3) is 0.235. The number of carbonyl (C=O) groups is 1. The van der Waals surface area contributed by atoms with Crippen LogP contribution in [0, 0.1) is 13.8 Å². The summed E-state index contributed by atoms with van der Waals surface area (Å²) in [4.78, 5) is 17.1. The molecular formula is C17H17BrFN5O2S. The molecule has 10 heteroatoms. The van der Waals surface area contributed by atoms with E-state index >= 15 is 0 Å². The van der Waals surface area contributed by atoms with E-state index in [1.807, 2.05) is 6.92 Å². The van der Waals surface area contributed by atoms with Gasteiger partial charge >= 0.3 is 0 Å². The monoisotopic (exact) mass is 453 g/mol. The second-order valence-electron chi connectivity index (χ2n) is 5.79. The highest BCUT2D eigenvalue weighted by Crippen LogP contribution is 2.30. The Hall–Kier alpha value is -2.46. The molecule has 0 saturated heterocycles. The second-order valence-corrected chi connectivity index (χ2v) is 7.67. The molecule has 0 saturated carbocycles. The Morgan fingerprint density at radius 2 is 2.19 bits per heavy atom. The van der Waals surface area contributed by atoms with Crippen LogP contribution in [0.2, 0.25) is 0 Å². The van der Waals surface area contributed by atoms with Gasteiger partial charge in [0.2, 0.25) is 0 Å². The summed E-state index contributed by atoms with van der Waals surface area (Å²) in [5.41, 5.74) is 2.04. The van der Waals surface area contributed by atoms with Crippen molar-refractivity contribution in [3.8, 4) is 5.75 Å². The topological polar surface area (TPSA) is 92.1 Å². The van der Waals surface area contributed by atoms with Gasteiger partial charge < -0.3 is 15.7 Å². The summed E-state index contributed by atoms with van der Waals surface area (Å²) in [5.74, 6) is 0.292. The van der Waals surface area contributed by atoms with E-state index < -0.39 is 6.67 Å². The van der Waals surface area contributed by atoms with Crippen LogP contribution in [0.3, 0.4) is 0 Å². The third kappa shape index (κ3) is 4.28. The number of nitrogens with zero attached hydrogens (tertiary/aromatic N) is 3. The number of anilines is 3. The van der Waals surface area contributed by atoms with Crippen molar-refractivity contribution in [3.05, 3.63) is 45.0 Å². The molecule has 0 unspecified atom stereocenters. The highest BCUT2D eigenvalue weighted by Gasteiger charge is 2.16. The normalized spacial score (nSPS) is 10.8. The SMILES string of the molecule is Cc1ccc(O)c(C)c1NC(=O)c1cnc(Nc2nn(CCF)cc2Br)s1. The van der Waals surface area contributed by atoms with Gasteiger partial charge in [-0.05, 0) is 41.4 Å². The van der Waals surface area contributed by atoms with Crippen molar-refractivity contribution in [2.45, 2.75) is 20.4 Å². The minimum absolute atomic E-state index is 0.122. The number of halogens is 2. The maximum Gasteiger partial charge on any atom is 0.267 e. The first-order valence-electron chi connectivity index (χ1n) is 8.01. The molecule has 0 aliphatic heterocycles. The van der Waals surface area contributed by atoms with E-state index in [0.29, 0.717) is 31.6 Å². The van der Waals surface area contributed by atoms with Gasteiger partial charge in [0.25, 0.3) is 5.91 Å². The van der Waals surface area contributed by atoms with Gasteiger partial charge in [-0.1, -0.05) is 17.4 Å². The van der Waals surface area contributed by atoms with Crippen molar-refractivity contribution >= 4 is 49.8 Å². The summed E-state index contributed by atoms with van der Waals surface area (Å²) in [6.45, 7) is 3.24. The third-order valence-electron chi connectivity index (χ3n) is 3.87. The van der Waals surface area contributed by atoms with Crippen molar-refractivity contribution in [3.63, 3.8) is 0 Å². The standard InChI is InChI=1S/C17H17BrFN5O2S/c1-9-3-4-12(25)10(2)14(9)21-16(26)13-7-20-17(27-13)22-15-11(18)8-24(23-15)6-5-19/h3-4,7-8,25H,5-6H2,1-2H3,(H,21,26)(H,20,22,23). The summed E-state index contributed by atoms with van der Waals surface area (Å²) in [7, 11) is 0. The van der Waals surface area contributed by atoms with Crippen LogP contribution in [0.5, 0.6) is 5.75 Å². The van der Waals surface area contributed by atoms with E-state index in [1.165, 1.54) is 10.9 Å². The minimum Gasteiger partial charge on any atom is -0.508 e. The van der Waals surface area contributed by atoms with Gasteiger partial charge in [0.15, 0.2) is 10.9 Å². The van der Waals surface area contributed by atoms with Crippen molar-refractivity contribution in [2.75, 3.05) is 17.3 Å². The Kier molecular flexibility index (Phi) is 5.76. The molecule has 0 aliphatic carbocycles. The van der Waals surface area contributed by atoms with Crippen LogP contribution in [0.15, 0.2) is 29.0 Å². The summed E-state index contributed by atoms with van der Waals surface area (Å²) in [5, 5.41) is 20.3. The molecule has 142 valence electrons. The van der Waals surface area contributed by atoms with Gasteiger partial charge in [-0.2, -0.15) is 5.10 Å². The average Bonchev–Trinajstić information content (AvgIpc) is 3.23. The second kappa shape index (κ2) is 8.05. The molecule has 0 bridgehead atoms. The van der Waals surface area contributed by atoms with Gasteiger partial charge in [0.1, 0.15) is 17.3 Å². The van der Waals surface area contributed by atoms with Gasteiger partial charge in [-0.25, -0.2) is 9.37 Å². The van der Waals surface area contributed by atoms with E-state index in [1.54, 1.807) is 25.3 Å². The third-order valence-corrected chi connectivity index (χ3v) is 5.36. The number of carbonyl (C=O) groups excluding carboxylic acids is 1. The van der Waals surface area contributed by atoms with Gasteiger partial charge in [0, 0.05) is 11.8 Å². The van der Waals surface area contributed by atoms with Crippen LogP contribution in [-0.2, 0) is 6.54 Å². The highest BCUT2D eigenvalue weighted by atomic mass is 79.9. The van der Waals surface area contributed by atoms with Gasteiger partial charge in [0.05, 0.1) is 22.9 Å². The number of phenols is 1. The number of aromatic nitrogens is 3. The van der Waals surface area contributed by atoms with Crippen molar-refractivity contribution in [1.29, 1.82) is 0 Å². The predicted octanol–water partition coefficient (Wildman–Crippen LogP) is 4.39.